The van der Waals surface area contributed by atoms with Crippen LogP contribution in [0.4, 0.5) is 0 Å². The number of thioether (sulfide) groups is 1. The lowest BCUT2D eigenvalue weighted by molar-refractivity contribution is -0.147. The number of amides is 1. The quantitative estimate of drug-likeness (QED) is 0.464. The Morgan fingerprint density at radius 2 is 1.58 bits per heavy atom. The van der Waals surface area contributed by atoms with E-state index in [1.54, 1.807) is 4.90 Å². The van der Waals surface area contributed by atoms with Crippen molar-refractivity contribution in [2.75, 3.05) is 0 Å². The van der Waals surface area contributed by atoms with Crippen molar-refractivity contribution in [3.63, 3.8) is 0 Å². The van der Waals surface area contributed by atoms with Crippen LogP contribution in [0.15, 0.2) is 64.1 Å². The standard InChI is InChI=1S/C27H27Cl2N3O3S/c1-14(2)22-24(25(33)31-15(3)4-13-20(31)26(34)35)36-27-30-21(16-5-9-18(28)10-6-16)23(32(22)27)17-7-11-19(29)12-8-17/h5-12,14-15,20-21,23H,4,13H2,1-3H3,(H,34,35)/t15-,20?,21?,23?/m1/s1. The second kappa shape index (κ2) is 9.77. The average Bonchev–Trinajstić information content (AvgIpc) is 3.51. The van der Waals surface area contributed by atoms with Gasteiger partial charge in [-0.25, -0.2) is 4.79 Å². The Labute approximate surface area is 225 Å². The number of halogens is 2. The predicted molar refractivity (Wildman–Crippen MR) is 144 cm³/mol. The molecule has 3 unspecified atom stereocenters. The van der Waals surface area contributed by atoms with Crippen LogP contribution in [0.3, 0.4) is 0 Å². The van der Waals surface area contributed by atoms with Gasteiger partial charge in [0.15, 0.2) is 5.17 Å². The molecule has 2 aromatic carbocycles. The highest BCUT2D eigenvalue weighted by Gasteiger charge is 2.49. The minimum atomic E-state index is -0.956. The maximum absolute atomic E-state index is 13.9. The van der Waals surface area contributed by atoms with Crippen molar-refractivity contribution in [3.8, 4) is 0 Å². The van der Waals surface area contributed by atoms with Gasteiger partial charge < -0.3 is 14.9 Å². The molecule has 0 spiro atoms. The van der Waals surface area contributed by atoms with Crippen LogP contribution in [0.25, 0.3) is 0 Å². The maximum atomic E-state index is 13.9. The van der Waals surface area contributed by atoms with Crippen LogP contribution in [0, 0.1) is 5.92 Å². The first-order chi connectivity index (χ1) is 17.2. The summed E-state index contributed by atoms with van der Waals surface area (Å²) in [5.41, 5.74) is 2.93. The Hall–Kier alpha value is -2.48. The van der Waals surface area contributed by atoms with Crippen molar-refractivity contribution in [1.29, 1.82) is 0 Å². The van der Waals surface area contributed by atoms with Crippen molar-refractivity contribution in [1.82, 2.24) is 9.80 Å². The van der Waals surface area contributed by atoms with Gasteiger partial charge in [0.1, 0.15) is 17.0 Å². The minimum Gasteiger partial charge on any atom is -0.480 e. The Balaban J connectivity index is 1.60. The van der Waals surface area contributed by atoms with Gasteiger partial charge in [-0.1, -0.05) is 61.3 Å². The van der Waals surface area contributed by atoms with E-state index in [2.05, 4.69) is 18.7 Å². The average molecular weight is 545 g/mol. The molecular weight excluding hydrogens is 517 g/mol. The smallest absolute Gasteiger partial charge is 0.326 e. The van der Waals surface area contributed by atoms with Gasteiger partial charge in [-0.05, 0) is 72.8 Å². The van der Waals surface area contributed by atoms with Gasteiger partial charge in [-0.15, -0.1) is 0 Å². The molecule has 0 saturated carbocycles. The molecule has 3 heterocycles. The molecule has 0 aromatic heterocycles. The number of hydrogen-bond acceptors (Lipinski definition) is 5. The third-order valence-corrected chi connectivity index (χ3v) is 8.65. The number of carbonyl (C=O) groups excluding carboxylic acids is 1. The topological polar surface area (TPSA) is 73.2 Å². The number of likely N-dealkylation sites (tertiary alicyclic amines) is 1. The summed E-state index contributed by atoms with van der Waals surface area (Å²) in [5, 5.41) is 11.8. The summed E-state index contributed by atoms with van der Waals surface area (Å²) < 4.78 is 0. The Morgan fingerprint density at radius 1 is 1.00 bits per heavy atom. The van der Waals surface area contributed by atoms with Gasteiger partial charge in [0.05, 0.1) is 6.04 Å². The summed E-state index contributed by atoms with van der Waals surface area (Å²) in [7, 11) is 0. The lowest BCUT2D eigenvalue weighted by atomic mass is 9.92. The highest BCUT2D eigenvalue weighted by molar-refractivity contribution is 8.18. The van der Waals surface area contributed by atoms with Crippen molar-refractivity contribution in [2.24, 2.45) is 10.9 Å². The minimum absolute atomic E-state index is 0.0177. The second-order valence-corrected chi connectivity index (χ2v) is 11.6. The zero-order valence-electron chi connectivity index (χ0n) is 20.2. The molecule has 6 nitrogen and oxygen atoms in total. The van der Waals surface area contributed by atoms with Gasteiger partial charge >= 0.3 is 5.97 Å². The molecule has 0 radical (unpaired) electrons. The molecule has 36 heavy (non-hydrogen) atoms. The number of carbonyl (C=O) groups is 2. The van der Waals surface area contributed by atoms with Gasteiger partial charge in [-0.2, -0.15) is 0 Å². The third kappa shape index (κ3) is 4.31. The number of carboxylic acids is 1. The predicted octanol–water partition coefficient (Wildman–Crippen LogP) is 6.53. The van der Waals surface area contributed by atoms with Crippen molar-refractivity contribution in [3.05, 3.63) is 80.3 Å². The van der Waals surface area contributed by atoms with Crippen LogP contribution >= 0.6 is 35.0 Å². The van der Waals surface area contributed by atoms with Crippen molar-refractivity contribution in [2.45, 2.75) is 57.8 Å². The SMILES string of the molecule is CC(C)C1=C(C(=O)N2C(C(=O)O)CC[C@H]2C)SC2=NC(c3ccc(Cl)cc3)C(c3ccc(Cl)cc3)N21. The van der Waals surface area contributed by atoms with Crippen LogP contribution in [-0.2, 0) is 9.59 Å². The van der Waals surface area contributed by atoms with Crippen molar-refractivity contribution < 1.29 is 14.7 Å². The number of amidine groups is 1. The van der Waals surface area contributed by atoms with Crippen LogP contribution in [-0.4, -0.2) is 44.0 Å². The van der Waals surface area contributed by atoms with Crippen molar-refractivity contribution >= 4 is 52.0 Å². The number of rotatable bonds is 5. The molecule has 0 bridgehead atoms. The van der Waals surface area contributed by atoms with Crippen LogP contribution in [0.1, 0.15) is 56.8 Å². The summed E-state index contributed by atoms with van der Waals surface area (Å²) in [6, 6.07) is 14.1. The summed E-state index contributed by atoms with van der Waals surface area (Å²) in [4.78, 5) is 35.1. The van der Waals surface area contributed by atoms with Crippen LogP contribution in [0.5, 0.6) is 0 Å². The number of aliphatic carboxylic acids is 1. The monoisotopic (exact) mass is 543 g/mol. The molecule has 3 aliphatic rings. The zero-order valence-corrected chi connectivity index (χ0v) is 22.5. The molecule has 188 valence electrons. The summed E-state index contributed by atoms with van der Waals surface area (Å²) in [5.74, 6) is -1.16. The normalized spacial score (nSPS) is 25.6. The maximum Gasteiger partial charge on any atom is 0.326 e. The molecule has 1 saturated heterocycles. The summed E-state index contributed by atoms with van der Waals surface area (Å²) in [6.07, 6.45) is 1.14. The first-order valence-corrected chi connectivity index (χ1v) is 13.6. The molecule has 9 heteroatoms. The Kier molecular flexibility index (Phi) is 6.83. The third-order valence-electron chi connectivity index (χ3n) is 7.07. The zero-order chi connectivity index (χ0) is 25.7. The van der Waals surface area contributed by atoms with E-state index in [0.717, 1.165) is 22.0 Å². The number of carboxylic acid groups (broad SMARTS) is 1. The second-order valence-electron chi connectivity index (χ2n) is 9.74. The highest BCUT2D eigenvalue weighted by atomic mass is 35.5. The first kappa shape index (κ1) is 25.2. The summed E-state index contributed by atoms with van der Waals surface area (Å²) in [6.45, 7) is 6.03. The van der Waals surface area contributed by atoms with E-state index < -0.39 is 12.0 Å². The molecule has 1 fully saturated rings. The molecule has 3 aliphatic heterocycles. The first-order valence-electron chi connectivity index (χ1n) is 12.0. The fourth-order valence-corrected chi connectivity index (χ4v) is 6.92. The molecule has 0 aliphatic carbocycles. The molecule has 5 rings (SSSR count). The van der Waals surface area contributed by atoms with Gasteiger partial charge in [0.25, 0.3) is 5.91 Å². The molecule has 1 amide bonds. The lowest BCUT2D eigenvalue weighted by Crippen LogP contribution is -2.44. The van der Waals surface area contributed by atoms with Crippen LogP contribution in [0.2, 0.25) is 10.0 Å². The van der Waals surface area contributed by atoms with Crippen LogP contribution < -0.4 is 0 Å². The number of fused-ring (bicyclic) bond motifs is 1. The van der Waals surface area contributed by atoms with Gasteiger partial charge in [0.2, 0.25) is 0 Å². The fourth-order valence-electron chi connectivity index (χ4n) is 5.38. The Morgan fingerprint density at radius 3 is 2.14 bits per heavy atom. The summed E-state index contributed by atoms with van der Waals surface area (Å²) >= 11 is 13.7. The number of nitrogens with zero attached hydrogens (tertiary/aromatic N) is 3. The number of aliphatic imine (C=N–C) groups is 1. The highest BCUT2D eigenvalue weighted by Crippen LogP contribution is 2.54. The van der Waals surface area contributed by atoms with E-state index in [-0.39, 0.29) is 30.0 Å². The van der Waals surface area contributed by atoms with E-state index in [0.29, 0.717) is 27.8 Å². The number of hydrogen-bond donors (Lipinski definition) is 1. The fraction of sp³-hybridized carbons (Fsp3) is 0.370. The molecule has 4 atom stereocenters. The number of benzene rings is 2. The van der Waals surface area contributed by atoms with E-state index in [1.165, 1.54) is 11.8 Å². The van der Waals surface area contributed by atoms with E-state index in [4.69, 9.17) is 28.2 Å². The number of allylic oxidation sites excluding steroid dienone is 1. The van der Waals surface area contributed by atoms with E-state index in [9.17, 15) is 14.7 Å². The molecule has 1 N–H and O–H groups in total. The van der Waals surface area contributed by atoms with Gasteiger partial charge in [0, 0.05) is 21.8 Å². The Bertz CT molecular complexity index is 1260. The van der Waals surface area contributed by atoms with Gasteiger partial charge in [-0.3, -0.25) is 9.79 Å². The van der Waals surface area contributed by atoms with E-state index >= 15 is 0 Å². The molecule has 2 aromatic rings. The van der Waals surface area contributed by atoms with E-state index in [1.807, 2.05) is 55.5 Å². The largest absolute Gasteiger partial charge is 0.480 e. The molecular formula is C27H27Cl2N3O3S. The lowest BCUT2D eigenvalue weighted by Gasteiger charge is -2.32.